The van der Waals surface area contributed by atoms with E-state index in [0.717, 1.165) is 0 Å². The third-order valence-electron chi connectivity index (χ3n) is 1.81. The molecule has 0 aromatic carbocycles. The fourth-order valence-corrected chi connectivity index (χ4v) is 1.45. The average molecular weight is 213 g/mol. The van der Waals surface area contributed by atoms with E-state index < -0.39 is 6.10 Å². The molecule has 0 saturated heterocycles. The van der Waals surface area contributed by atoms with Gasteiger partial charge in [0.25, 0.3) is 0 Å². The topological polar surface area (TPSA) is 56.3 Å². The molecular formula is C9H11NO3S. The van der Waals surface area contributed by atoms with Crippen molar-refractivity contribution in [3.05, 3.63) is 16.6 Å². The van der Waals surface area contributed by atoms with Crippen molar-refractivity contribution in [3.8, 4) is 0 Å². The lowest BCUT2D eigenvalue weighted by Gasteiger charge is -2.05. The van der Waals surface area contributed by atoms with E-state index in [1.807, 2.05) is 0 Å². The second kappa shape index (κ2) is 4.97. The van der Waals surface area contributed by atoms with Crippen LogP contribution >= 0.6 is 11.3 Å². The van der Waals surface area contributed by atoms with E-state index in [2.05, 4.69) is 4.98 Å². The summed E-state index contributed by atoms with van der Waals surface area (Å²) in [4.78, 5) is 26.5. The Morgan fingerprint density at radius 1 is 1.64 bits per heavy atom. The molecular weight excluding hydrogens is 202 g/mol. The summed E-state index contributed by atoms with van der Waals surface area (Å²) in [5, 5.41) is 2.08. The molecule has 1 rings (SSSR count). The zero-order valence-electron chi connectivity index (χ0n) is 8.02. The van der Waals surface area contributed by atoms with Gasteiger partial charge < -0.3 is 4.74 Å². The summed E-state index contributed by atoms with van der Waals surface area (Å²) >= 11 is 1.24. The van der Waals surface area contributed by atoms with Crippen molar-refractivity contribution in [2.45, 2.75) is 19.4 Å². The van der Waals surface area contributed by atoms with Crippen LogP contribution in [-0.2, 0) is 9.53 Å². The molecule has 0 amide bonds. The number of thiazole rings is 1. The van der Waals surface area contributed by atoms with Gasteiger partial charge in [-0.05, 0) is 6.92 Å². The van der Waals surface area contributed by atoms with Crippen molar-refractivity contribution >= 4 is 22.9 Å². The third-order valence-corrected chi connectivity index (χ3v) is 2.63. The molecule has 0 aliphatic rings. The lowest BCUT2D eigenvalue weighted by atomic mass is 10.1. The zero-order valence-corrected chi connectivity index (χ0v) is 8.84. The van der Waals surface area contributed by atoms with Gasteiger partial charge in [-0.25, -0.2) is 4.98 Å². The van der Waals surface area contributed by atoms with Crippen molar-refractivity contribution < 1.29 is 14.3 Å². The highest BCUT2D eigenvalue weighted by molar-refractivity contribution is 7.11. The summed E-state index contributed by atoms with van der Waals surface area (Å²) in [6, 6.07) is 0. The number of Topliss-reactive ketones (excluding diaryl/α,β-unsaturated/α-hetero) is 2. The maximum Gasteiger partial charge on any atom is 0.198 e. The third kappa shape index (κ3) is 2.71. The van der Waals surface area contributed by atoms with Crippen molar-refractivity contribution in [2.24, 2.45) is 0 Å². The van der Waals surface area contributed by atoms with Crippen LogP contribution in [0.25, 0.3) is 0 Å². The zero-order chi connectivity index (χ0) is 10.6. The average Bonchev–Trinajstić information content (AvgIpc) is 2.69. The molecule has 0 bridgehead atoms. The molecule has 0 saturated carbocycles. The van der Waals surface area contributed by atoms with Crippen LogP contribution in [0.2, 0.25) is 0 Å². The first-order valence-electron chi connectivity index (χ1n) is 4.13. The number of methoxy groups -OCH3 is 1. The normalized spacial score (nSPS) is 12.4. The SMILES string of the molecule is COC(C)C(=O)CC(=O)c1nccs1. The maximum atomic E-state index is 11.4. The number of hydrogen-bond acceptors (Lipinski definition) is 5. The van der Waals surface area contributed by atoms with Crippen LogP contribution in [0.15, 0.2) is 11.6 Å². The van der Waals surface area contributed by atoms with E-state index in [4.69, 9.17) is 4.74 Å². The number of aromatic nitrogens is 1. The Morgan fingerprint density at radius 3 is 2.86 bits per heavy atom. The number of ether oxygens (including phenoxy) is 1. The summed E-state index contributed by atoms with van der Waals surface area (Å²) in [5.41, 5.74) is 0. The Labute approximate surface area is 85.9 Å². The number of carbonyl (C=O) groups is 2. The summed E-state index contributed by atoms with van der Waals surface area (Å²) < 4.78 is 4.81. The molecule has 14 heavy (non-hydrogen) atoms. The van der Waals surface area contributed by atoms with E-state index in [9.17, 15) is 9.59 Å². The maximum absolute atomic E-state index is 11.4. The number of nitrogens with zero attached hydrogens (tertiary/aromatic N) is 1. The van der Waals surface area contributed by atoms with Crippen molar-refractivity contribution in [1.82, 2.24) is 4.98 Å². The van der Waals surface area contributed by atoms with Gasteiger partial charge in [0.1, 0.15) is 6.10 Å². The molecule has 1 atom stereocenters. The number of rotatable bonds is 5. The molecule has 0 aliphatic heterocycles. The van der Waals surface area contributed by atoms with Gasteiger partial charge in [0.2, 0.25) is 0 Å². The molecule has 1 aromatic rings. The predicted octanol–water partition coefficient (Wildman–Crippen LogP) is 1.32. The Hall–Kier alpha value is -1.07. The summed E-state index contributed by atoms with van der Waals surface area (Å²) in [6.45, 7) is 1.62. The predicted molar refractivity (Wildman–Crippen MR) is 52.5 cm³/mol. The molecule has 1 aromatic heterocycles. The van der Waals surface area contributed by atoms with E-state index in [1.54, 1.807) is 18.5 Å². The summed E-state index contributed by atoms with van der Waals surface area (Å²) in [5.74, 6) is -0.457. The molecule has 0 fully saturated rings. The monoisotopic (exact) mass is 213 g/mol. The molecule has 76 valence electrons. The molecule has 0 radical (unpaired) electrons. The molecule has 0 spiro atoms. The van der Waals surface area contributed by atoms with E-state index in [1.165, 1.54) is 18.4 Å². The lowest BCUT2D eigenvalue weighted by molar-refractivity contribution is -0.126. The molecule has 1 unspecified atom stereocenters. The summed E-state index contributed by atoms with van der Waals surface area (Å²) in [7, 11) is 1.44. The Morgan fingerprint density at radius 2 is 2.36 bits per heavy atom. The van der Waals surface area contributed by atoms with Gasteiger partial charge in [-0.2, -0.15) is 0 Å². The van der Waals surface area contributed by atoms with Crippen LogP contribution in [0.3, 0.4) is 0 Å². The van der Waals surface area contributed by atoms with E-state index in [0.29, 0.717) is 5.01 Å². The van der Waals surface area contributed by atoms with Gasteiger partial charge in [-0.1, -0.05) is 0 Å². The van der Waals surface area contributed by atoms with Gasteiger partial charge in [-0.3, -0.25) is 9.59 Å². The van der Waals surface area contributed by atoms with Gasteiger partial charge in [0, 0.05) is 18.7 Å². The summed E-state index contributed by atoms with van der Waals surface area (Å²) in [6.07, 6.45) is 0.879. The lowest BCUT2D eigenvalue weighted by Crippen LogP contribution is -2.21. The minimum absolute atomic E-state index is 0.136. The van der Waals surface area contributed by atoms with Crippen molar-refractivity contribution in [1.29, 1.82) is 0 Å². The van der Waals surface area contributed by atoms with Crippen LogP contribution in [-0.4, -0.2) is 29.8 Å². The standard InChI is InChI=1S/C9H11NO3S/c1-6(13-2)7(11)5-8(12)9-10-3-4-14-9/h3-4,6H,5H2,1-2H3. The Kier molecular flexibility index (Phi) is 3.91. The van der Waals surface area contributed by atoms with Crippen molar-refractivity contribution in [2.75, 3.05) is 7.11 Å². The largest absolute Gasteiger partial charge is 0.374 e. The van der Waals surface area contributed by atoms with Crippen LogP contribution in [0.1, 0.15) is 23.1 Å². The fraction of sp³-hybridized carbons (Fsp3) is 0.444. The van der Waals surface area contributed by atoms with Gasteiger partial charge in [0.15, 0.2) is 16.6 Å². The Bertz CT molecular complexity index is 321. The van der Waals surface area contributed by atoms with Gasteiger partial charge in [-0.15, -0.1) is 11.3 Å². The van der Waals surface area contributed by atoms with E-state index >= 15 is 0 Å². The quantitative estimate of drug-likeness (QED) is 0.546. The molecule has 1 heterocycles. The highest BCUT2D eigenvalue weighted by atomic mass is 32.1. The second-order valence-corrected chi connectivity index (χ2v) is 3.68. The molecule has 5 heteroatoms. The van der Waals surface area contributed by atoms with Gasteiger partial charge >= 0.3 is 0 Å². The fourth-order valence-electron chi connectivity index (χ4n) is 0.870. The Balaban J connectivity index is 2.54. The van der Waals surface area contributed by atoms with Crippen LogP contribution in [0.5, 0.6) is 0 Å². The first-order chi connectivity index (χ1) is 6.65. The van der Waals surface area contributed by atoms with Crippen LogP contribution in [0.4, 0.5) is 0 Å². The molecule has 0 N–H and O–H groups in total. The minimum Gasteiger partial charge on any atom is -0.374 e. The van der Waals surface area contributed by atoms with E-state index in [-0.39, 0.29) is 18.0 Å². The number of carbonyl (C=O) groups excluding carboxylic acids is 2. The van der Waals surface area contributed by atoms with Crippen LogP contribution < -0.4 is 0 Å². The molecule has 4 nitrogen and oxygen atoms in total. The second-order valence-electron chi connectivity index (χ2n) is 2.78. The smallest absolute Gasteiger partial charge is 0.198 e. The molecule has 0 aliphatic carbocycles. The van der Waals surface area contributed by atoms with Crippen LogP contribution in [0, 0.1) is 0 Å². The van der Waals surface area contributed by atoms with Gasteiger partial charge in [0.05, 0.1) is 6.42 Å². The highest BCUT2D eigenvalue weighted by Gasteiger charge is 2.18. The number of hydrogen-bond donors (Lipinski definition) is 0. The first-order valence-corrected chi connectivity index (χ1v) is 5.01. The first kappa shape index (κ1) is 11.0. The number of ketones is 2. The highest BCUT2D eigenvalue weighted by Crippen LogP contribution is 2.08. The van der Waals surface area contributed by atoms with Crippen molar-refractivity contribution in [3.63, 3.8) is 0 Å². The minimum atomic E-state index is -0.529.